The zero-order valence-corrected chi connectivity index (χ0v) is 14.2. The summed E-state index contributed by atoms with van der Waals surface area (Å²) in [5.41, 5.74) is 3.45. The highest BCUT2D eigenvalue weighted by Gasteiger charge is 2.14. The van der Waals surface area contributed by atoms with Gasteiger partial charge < -0.3 is 0 Å². The van der Waals surface area contributed by atoms with Crippen molar-refractivity contribution < 1.29 is 6.85 Å². The van der Waals surface area contributed by atoms with E-state index >= 15 is 0 Å². The first-order valence-electron chi connectivity index (χ1n) is 10.0. The van der Waals surface area contributed by atoms with E-state index in [1.54, 1.807) is 12.1 Å². The molecule has 0 aromatic heterocycles. The van der Waals surface area contributed by atoms with Crippen LogP contribution in [0.25, 0.3) is 22.3 Å². The molecular formula is C22H21Cl. The van der Waals surface area contributed by atoms with Crippen LogP contribution < -0.4 is 0 Å². The van der Waals surface area contributed by atoms with Crippen LogP contribution in [0.3, 0.4) is 0 Å². The molecule has 3 aromatic rings. The first-order valence-corrected chi connectivity index (χ1v) is 7.88. The lowest BCUT2D eigenvalue weighted by atomic mass is 9.86. The van der Waals surface area contributed by atoms with Crippen LogP contribution in [0.4, 0.5) is 0 Å². The van der Waals surface area contributed by atoms with Crippen molar-refractivity contribution in [3.63, 3.8) is 0 Å². The summed E-state index contributed by atoms with van der Waals surface area (Å²) in [6.07, 6.45) is 0. The molecule has 0 saturated heterocycles. The van der Waals surface area contributed by atoms with Crippen LogP contribution in [0.15, 0.2) is 72.7 Å². The van der Waals surface area contributed by atoms with Gasteiger partial charge in [-0.05, 0) is 22.1 Å². The van der Waals surface area contributed by atoms with Crippen molar-refractivity contribution in [1.82, 2.24) is 0 Å². The minimum Gasteiger partial charge on any atom is -0.0830 e. The molecule has 0 heterocycles. The van der Waals surface area contributed by atoms with E-state index in [-0.39, 0.29) is 35.1 Å². The van der Waals surface area contributed by atoms with E-state index in [0.717, 1.165) is 11.1 Å². The minimum absolute atomic E-state index is 0.0392. The maximum absolute atomic E-state index is 8.21. The highest BCUT2D eigenvalue weighted by Crippen LogP contribution is 2.36. The first kappa shape index (κ1) is 10.7. The standard InChI is InChI=1S/C22H21Cl/c1-22(2,3)18-14-12-17(13-15-18)20-11-7-10-19(21(20)23)16-8-5-4-6-9-16/h4-15H,1-3H3/i4D,5D,6D,8D,9D. The molecule has 23 heavy (non-hydrogen) atoms. The molecule has 0 amide bonds. The van der Waals surface area contributed by atoms with E-state index in [9.17, 15) is 0 Å². The summed E-state index contributed by atoms with van der Waals surface area (Å²) < 4.78 is 40.0. The summed E-state index contributed by atoms with van der Waals surface area (Å²) in [6, 6.07) is 11.8. The highest BCUT2D eigenvalue weighted by atomic mass is 35.5. The number of rotatable bonds is 2. The monoisotopic (exact) mass is 325 g/mol. The summed E-state index contributed by atoms with van der Waals surface area (Å²) in [6.45, 7) is 6.44. The molecule has 0 aliphatic carbocycles. The lowest BCUT2D eigenvalue weighted by Crippen LogP contribution is -2.10. The molecule has 0 N–H and O–H groups in total. The van der Waals surface area contributed by atoms with Crippen LogP contribution in [0.1, 0.15) is 33.2 Å². The second-order valence-corrected chi connectivity index (χ2v) is 6.87. The van der Waals surface area contributed by atoms with Crippen LogP contribution in [-0.2, 0) is 5.41 Å². The Balaban J connectivity index is 2.19. The van der Waals surface area contributed by atoms with Crippen molar-refractivity contribution in [3.05, 3.63) is 83.3 Å². The zero-order chi connectivity index (χ0) is 20.8. The lowest BCUT2D eigenvalue weighted by molar-refractivity contribution is 0.590. The Morgan fingerprint density at radius 2 is 1.35 bits per heavy atom. The molecule has 0 atom stereocenters. The van der Waals surface area contributed by atoms with E-state index < -0.39 is 6.04 Å². The third-order valence-corrected chi connectivity index (χ3v) is 4.24. The second kappa shape index (κ2) is 6.22. The molecule has 0 aliphatic rings. The van der Waals surface area contributed by atoms with Gasteiger partial charge in [-0.15, -0.1) is 0 Å². The molecule has 0 nitrogen and oxygen atoms in total. The zero-order valence-electron chi connectivity index (χ0n) is 18.4. The van der Waals surface area contributed by atoms with E-state index in [1.165, 1.54) is 5.56 Å². The molecule has 3 rings (SSSR count). The fourth-order valence-corrected chi connectivity index (χ4v) is 2.81. The quantitative estimate of drug-likeness (QED) is 0.477. The Bertz CT molecular complexity index is 1020. The molecule has 0 radical (unpaired) electrons. The molecule has 0 fully saturated rings. The third-order valence-electron chi connectivity index (χ3n) is 3.83. The molecule has 3 aromatic carbocycles. The molecular weight excluding hydrogens is 300 g/mol. The van der Waals surface area contributed by atoms with Crippen molar-refractivity contribution in [2.75, 3.05) is 0 Å². The Kier molecular flexibility index (Phi) is 2.88. The van der Waals surface area contributed by atoms with Gasteiger partial charge >= 0.3 is 0 Å². The van der Waals surface area contributed by atoms with Gasteiger partial charge in [0.25, 0.3) is 0 Å². The minimum atomic E-state index is -0.413. The van der Waals surface area contributed by atoms with Crippen molar-refractivity contribution in [3.8, 4) is 22.3 Å². The summed E-state index contributed by atoms with van der Waals surface area (Å²) in [4.78, 5) is 0. The molecule has 0 unspecified atom stereocenters. The first-order chi connectivity index (χ1) is 13.0. The van der Waals surface area contributed by atoms with Gasteiger partial charge in [-0.1, -0.05) is 105 Å². The topological polar surface area (TPSA) is 0 Å². The molecule has 116 valence electrons. The maximum atomic E-state index is 8.21. The van der Waals surface area contributed by atoms with Crippen LogP contribution in [0.5, 0.6) is 0 Å². The van der Waals surface area contributed by atoms with Gasteiger partial charge in [0.2, 0.25) is 0 Å². The normalized spacial score (nSPS) is 14.5. The molecule has 1 heteroatoms. The predicted molar refractivity (Wildman–Crippen MR) is 101 cm³/mol. The van der Waals surface area contributed by atoms with Crippen molar-refractivity contribution in [2.45, 2.75) is 26.2 Å². The van der Waals surface area contributed by atoms with Gasteiger partial charge in [0, 0.05) is 11.1 Å². The molecule has 0 bridgehead atoms. The van der Waals surface area contributed by atoms with Gasteiger partial charge in [0.05, 0.1) is 11.9 Å². The van der Waals surface area contributed by atoms with Crippen molar-refractivity contribution >= 4 is 11.6 Å². The smallest absolute Gasteiger partial charge is 0.0629 e. The third kappa shape index (κ3) is 3.33. The molecule has 0 saturated carbocycles. The Hall–Kier alpha value is -2.05. The van der Waals surface area contributed by atoms with Crippen LogP contribution in [0.2, 0.25) is 5.02 Å². The largest absolute Gasteiger partial charge is 0.0830 e. The average Bonchev–Trinajstić information content (AvgIpc) is 2.66. The Morgan fingerprint density at radius 1 is 0.783 bits per heavy atom. The van der Waals surface area contributed by atoms with Gasteiger partial charge in [-0.25, -0.2) is 0 Å². The van der Waals surface area contributed by atoms with Crippen molar-refractivity contribution in [1.29, 1.82) is 0 Å². The van der Waals surface area contributed by atoms with Gasteiger partial charge in [-0.2, -0.15) is 0 Å². The Morgan fingerprint density at radius 3 is 1.91 bits per heavy atom. The fourth-order valence-electron chi connectivity index (χ4n) is 2.48. The number of hydrogen-bond donors (Lipinski definition) is 0. The van der Waals surface area contributed by atoms with E-state index in [2.05, 4.69) is 32.9 Å². The SMILES string of the molecule is [2H]c1c([2H])c([2H])c(-c2cccc(-c3ccc(C(C)(C)C)cc3)c2Cl)c([2H])c1[2H]. The summed E-state index contributed by atoms with van der Waals surface area (Å²) >= 11 is 6.66. The van der Waals surface area contributed by atoms with Crippen LogP contribution >= 0.6 is 11.6 Å². The van der Waals surface area contributed by atoms with Crippen LogP contribution in [0, 0.1) is 0 Å². The van der Waals surface area contributed by atoms with E-state index in [1.807, 2.05) is 18.2 Å². The number of benzene rings is 3. The maximum Gasteiger partial charge on any atom is 0.0629 e. The number of hydrogen-bond acceptors (Lipinski definition) is 0. The highest BCUT2D eigenvalue weighted by molar-refractivity contribution is 6.36. The summed E-state index contributed by atoms with van der Waals surface area (Å²) in [5, 5.41) is 0.365. The Labute approximate surface area is 150 Å². The van der Waals surface area contributed by atoms with E-state index in [4.69, 9.17) is 18.5 Å². The summed E-state index contributed by atoms with van der Waals surface area (Å²) in [5.74, 6) is 0. The predicted octanol–water partition coefficient (Wildman–Crippen LogP) is 6.97. The second-order valence-electron chi connectivity index (χ2n) is 6.49. The summed E-state index contributed by atoms with van der Waals surface area (Å²) in [7, 11) is 0. The molecule has 0 spiro atoms. The molecule has 0 aliphatic heterocycles. The number of halogens is 1. The van der Waals surface area contributed by atoms with Gasteiger partial charge in [-0.3, -0.25) is 0 Å². The fraction of sp³-hybridized carbons (Fsp3) is 0.182. The lowest BCUT2D eigenvalue weighted by Gasteiger charge is -2.19. The van der Waals surface area contributed by atoms with Crippen molar-refractivity contribution in [2.24, 2.45) is 0 Å². The van der Waals surface area contributed by atoms with Crippen LogP contribution in [-0.4, -0.2) is 0 Å². The average molecular weight is 326 g/mol. The van der Waals surface area contributed by atoms with E-state index in [0.29, 0.717) is 10.6 Å². The van der Waals surface area contributed by atoms with Gasteiger partial charge in [0.15, 0.2) is 0 Å². The van der Waals surface area contributed by atoms with Gasteiger partial charge in [0.1, 0.15) is 0 Å².